The van der Waals surface area contributed by atoms with E-state index in [-0.39, 0.29) is 0 Å². The van der Waals surface area contributed by atoms with Crippen LogP contribution < -0.4 is 5.73 Å². The fraction of sp³-hybridized carbons (Fsp3) is 0.200. The van der Waals surface area contributed by atoms with Crippen LogP contribution in [-0.2, 0) is 0 Å². The van der Waals surface area contributed by atoms with Gasteiger partial charge >= 0.3 is 0 Å². The van der Waals surface area contributed by atoms with Crippen LogP contribution in [0.1, 0.15) is 5.56 Å². The number of rotatable bonds is 3. The summed E-state index contributed by atoms with van der Waals surface area (Å²) >= 11 is 7.58. The third kappa shape index (κ3) is 3.07. The summed E-state index contributed by atoms with van der Waals surface area (Å²) in [5.74, 6) is 0. The van der Waals surface area contributed by atoms with Gasteiger partial charge in [0.2, 0.25) is 0 Å². The van der Waals surface area contributed by atoms with Gasteiger partial charge in [0.05, 0.1) is 0 Å². The van der Waals surface area contributed by atoms with Crippen LogP contribution >= 0.6 is 23.4 Å². The summed E-state index contributed by atoms with van der Waals surface area (Å²) in [5.41, 5.74) is 6.51. The minimum absolute atomic E-state index is 0.556. The van der Waals surface area contributed by atoms with E-state index < -0.39 is 0 Å². The van der Waals surface area contributed by atoms with Crippen molar-refractivity contribution in [2.24, 2.45) is 5.73 Å². The van der Waals surface area contributed by atoms with Crippen molar-refractivity contribution in [1.29, 1.82) is 0 Å². The number of thioether (sulfide) groups is 1. The largest absolute Gasteiger partial charge is 0.327 e. The molecule has 0 fully saturated rings. The molecule has 3 heteroatoms. The lowest BCUT2D eigenvalue weighted by atomic mass is 10.2. The van der Waals surface area contributed by atoms with E-state index >= 15 is 0 Å². The third-order valence-electron chi connectivity index (χ3n) is 1.63. The molecule has 0 bridgehead atoms. The van der Waals surface area contributed by atoms with Crippen LogP contribution in [0.25, 0.3) is 6.08 Å². The Morgan fingerprint density at radius 3 is 2.92 bits per heavy atom. The molecule has 0 radical (unpaired) electrons. The fourth-order valence-corrected chi connectivity index (χ4v) is 1.78. The predicted molar refractivity (Wildman–Crippen MR) is 61.3 cm³/mol. The zero-order chi connectivity index (χ0) is 9.68. The van der Waals surface area contributed by atoms with Crippen LogP contribution in [0.5, 0.6) is 0 Å². The molecule has 1 rings (SSSR count). The molecule has 0 heterocycles. The van der Waals surface area contributed by atoms with Gasteiger partial charge < -0.3 is 5.73 Å². The summed E-state index contributed by atoms with van der Waals surface area (Å²) in [6.07, 6.45) is 5.96. The van der Waals surface area contributed by atoms with Crippen molar-refractivity contribution in [1.82, 2.24) is 0 Å². The summed E-state index contributed by atoms with van der Waals surface area (Å²) in [6.45, 7) is 0.556. The third-order valence-corrected chi connectivity index (χ3v) is 2.67. The van der Waals surface area contributed by atoms with Gasteiger partial charge in [-0.3, -0.25) is 0 Å². The summed E-state index contributed by atoms with van der Waals surface area (Å²) in [5, 5.41) is 0.759. The van der Waals surface area contributed by atoms with Gasteiger partial charge in [0, 0.05) is 16.5 Å². The smallest absolute Gasteiger partial charge is 0.0412 e. The number of hydrogen-bond donors (Lipinski definition) is 1. The first-order valence-electron chi connectivity index (χ1n) is 3.98. The Balaban J connectivity index is 3.01. The van der Waals surface area contributed by atoms with Crippen molar-refractivity contribution in [2.75, 3.05) is 12.8 Å². The average molecular weight is 214 g/mol. The van der Waals surface area contributed by atoms with E-state index in [2.05, 4.69) is 0 Å². The van der Waals surface area contributed by atoms with E-state index in [1.54, 1.807) is 11.8 Å². The van der Waals surface area contributed by atoms with E-state index in [4.69, 9.17) is 17.3 Å². The van der Waals surface area contributed by atoms with Gasteiger partial charge in [-0.25, -0.2) is 0 Å². The van der Waals surface area contributed by atoms with Gasteiger partial charge in [0.1, 0.15) is 0 Å². The normalized spacial score (nSPS) is 11.0. The molecule has 1 nitrogen and oxygen atoms in total. The van der Waals surface area contributed by atoms with Gasteiger partial charge in [0.15, 0.2) is 0 Å². The molecule has 0 atom stereocenters. The molecule has 0 aromatic heterocycles. The van der Waals surface area contributed by atoms with Crippen LogP contribution in [0.3, 0.4) is 0 Å². The Morgan fingerprint density at radius 1 is 1.54 bits per heavy atom. The molecular weight excluding hydrogens is 202 g/mol. The molecule has 2 N–H and O–H groups in total. The Kier molecular flexibility index (Phi) is 4.36. The Bertz CT molecular complexity index is 310. The predicted octanol–water partition coefficient (Wildman–Crippen LogP) is 3.03. The Hall–Kier alpha value is -0.440. The van der Waals surface area contributed by atoms with E-state index in [1.165, 1.54) is 4.90 Å². The Morgan fingerprint density at radius 2 is 2.31 bits per heavy atom. The maximum Gasteiger partial charge on any atom is 0.0412 e. The first-order chi connectivity index (χ1) is 6.27. The lowest BCUT2D eigenvalue weighted by molar-refractivity contribution is 1.26. The molecule has 0 amide bonds. The van der Waals surface area contributed by atoms with Crippen molar-refractivity contribution in [3.05, 3.63) is 34.9 Å². The molecule has 0 aliphatic heterocycles. The number of nitrogens with two attached hydrogens (primary N) is 1. The second-order valence-corrected chi connectivity index (χ2v) is 3.81. The fourth-order valence-electron chi connectivity index (χ4n) is 1.03. The van der Waals surface area contributed by atoms with Crippen LogP contribution in [0, 0.1) is 0 Å². The number of benzene rings is 1. The van der Waals surface area contributed by atoms with Gasteiger partial charge in [-0.1, -0.05) is 23.8 Å². The van der Waals surface area contributed by atoms with Crippen LogP contribution in [0.15, 0.2) is 29.2 Å². The van der Waals surface area contributed by atoms with Gasteiger partial charge in [-0.05, 0) is 30.0 Å². The SMILES string of the molecule is CSc1ccc(Cl)cc1/C=C/CN. The highest BCUT2D eigenvalue weighted by Gasteiger charge is 1.98. The maximum atomic E-state index is 5.88. The molecule has 1 aromatic carbocycles. The highest BCUT2D eigenvalue weighted by molar-refractivity contribution is 7.98. The molecule has 1 aromatic rings. The first-order valence-corrected chi connectivity index (χ1v) is 5.58. The molecule has 13 heavy (non-hydrogen) atoms. The van der Waals surface area contributed by atoms with Gasteiger partial charge in [-0.15, -0.1) is 11.8 Å². The molecule has 70 valence electrons. The molecule has 0 aliphatic rings. The van der Waals surface area contributed by atoms with E-state index in [0.29, 0.717) is 6.54 Å². The zero-order valence-corrected chi connectivity index (χ0v) is 9.03. The van der Waals surface area contributed by atoms with Crippen molar-refractivity contribution >= 4 is 29.4 Å². The van der Waals surface area contributed by atoms with Gasteiger partial charge in [-0.2, -0.15) is 0 Å². The van der Waals surface area contributed by atoms with Crippen molar-refractivity contribution in [3.63, 3.8) is 0 Å². The monoisotopic (exact) mass is 213 g/mol. The molecule has 0 aliphatic carbocycles. The second-order valence-electron chi connectivity index (χ2n) is 2.52. The lowest BCUT2D eigenvalue weighted by Gasteiger charge is -2.02. The van der Waals surface area contributed by atoms with Crippen molar-refractivity contribution in [3.8, 4) is 0 Å². The standard InChI is InChI=1S/C10H12ClNS/c1-13-10-5-4-9(11)7-8(10)3-2-6-12/h2-5,7H,6,12H2,1H3/b3-2+. The maximum absolute atomic E-state index is 5.88. The van der Waals surface area contributed by atoms with E-state index in [9.17, 15) is 0 Å². The minimum atomic E-state index is 0.556. The van der Waals surface area contributed by atoms with Crippen LogP contribution in [-0.4, -0.2) is 12.8 Å². The summed E-state index contributed by atoms with van der Waals surface area (Å²) in [6, 6.07) is 5.86. The summed E-state index contributed by atoms with van der Waals surface area (Å²) in [4.78, 5) is 1.22. The summed E-state index contributed by atoms with van der Waals surface area (Å²) in [7, 11) is 0. The molecule has 0 spiro atoms. The quantitative estimate of drug-likeness (QED) is 0.782. The van der Waals surface area contributed by atoms with Gasteiger partial charge in [0.25, 0.3) is 0 Å². The highest BCUT2D eigenvalue weighted by Crippen LogP contribution is 2.24. The molecule has 0 saturated heterocycles. The number of hydrogen-bond acceptors (Lipinski definition) is 2. The summed E-state index contributed by atoms with van der Waals surface area (Å²) < 4.78 is 0. The first kappa shape index (κ1) is 10.6. The van der Waals surface area contributed by atoms with Crippen LogP contribution in [0.4, 0.5) is 0 Å². The molecule has 0 saturated carbocycles. The van der Waals surface area contributed by atoms with Crippen molar-refractivity contribution < 1.29 is 0 Å². The minimum Gasteiger partial charge on any atom is -0.327 e. The number of halogens is 1. The van der Waals surface area contributed by atoms with E-state index in [1.807, 2.05) is 36.6 Å². The topological polar surface area (TPSA) is 26.0 Å². The lowest BCUT2D eigenvalue weighted by Crippen LogP contribution is -1.92. The highest BCUT2D eigenvalue weighted by atomic mass is 35.5. The molecular formula is C10H12ClNS. The van der Waals surface area contributed by atoms with Crippen LogP contribution in [0.2, 0.25) is 5.02 Å². The zero-order valence-electron chi connectivity index (χ0n) is 7.46. The van der Waals surface area contributed by atoms with Crippen molar-refractivity contribution in [2.45, 2.75) is 4.90 Å². The Labute approximate surface area is 88.0 Å². The van der Waals surface area contributed by atoms with E-state index in [0.717, 1.165) is 10.6 Å². The molecule has 0 unspecified atom stereocenters. The average Bonchev–Trinajstić information content (AvgIpc) is 2.15. The second kappa shape index (κ2) is 5.32.